The molecule has 0 radical (unpaired) electrons. The van der Waals surface area contributed by atoms with E-state index in [1.807, 2.05) is 48.5 Å². The van der Waals surface area contributed by atoms with Crippen LogP contribution in [-0.4, -0.2) is 9.55 Å². The lowest BCUT2D eigenvalue weighted by Gasteiger charge is -2.10. The van der Waals surface area contributed by atoms with Gasteiger partial charge in [-0.15, -0.1) is 0 Å². The summed E-state index contributed by atoms with van der Waals surface area (Å²) in [5, 5.41) is 4.26. The Morgan fingerprint density at radius 2 is 1.23 bits per heavy atom. The summed E-state index contributed by atoms with van der Waals surface area (Å²) in [6.07, 6.45) is 0. The molecule has 8 aromatic rings. The predicted octanol–water partition coefficient (Wildman–Crippen LogP) is 8.49. The zero-order valence-electron chi connectivity index (χ0n) is 18.6. The zero-order valence-corrected chi connectivity index (χ0v) is 18.6. The summed E-state index contributed by atoms with van der Waals surface area (Å²) in [4.78, 5) is 4.98. The number of aromatic nitrogens is 2. The maximum Gasteiger partial charge on any atom is 0.178 e. The van der Waals surface area contributed by atoms with Gasteiger partial charge in [0.2, 0.25) is 0 Å². The van der Waals surface area contributed by atoms with Crippen LogP contribution in [0.4, 0.5) is 0 Å². The highest BCUT2D eigenvalue weighted by Crippen LogP contribution is 2.39. The van der Waals surface area contributed by atoms with Crippen LogP contribution in [0.5, 0.6) is 0 Å². The molecular weight excluding hydrogens is 432 g/mol. The summed E-state index contributed by atoms with van der Waals surface area (Å²) >= 11 is 0. The summed E-state index contributed by atoms with van der Waals surface area (Å²) < 4.78 is 14.8. The minimum absolute atomic E-state index is 0.782. The number of benzene rings is 5. The SMILES string of the molecule is c1ccc(-c2nc3ccccc3n2-c2ccc3oc4c(ccc5c6ccccc6oc54)c3c2)cc1. The van der Waals surface area contributed by atoms with Gasteiger partial charge in [0, 0.05) is 32.8 Å². The second-order valence-electron chi connectivity index (χ2n) is 8.83. The molecular formula is C31H18N2O2. The molecule has 0 bridgehead atoms. The third-order valence-corrected chi connectivity index (χ3v) is 6.82. The molecule has 164 valence electrons. The number of furan rings is 2. The molecule has 5 aromatic carbocycles. The van der Waals surface area contributed by atoms with E-state index in [-0.39, 0.29) is 0 Å². The number of para-hydroxylation sites is 3. The maximum atomic E-state index is 6.35. The Hall–Kier alpha value is -4.83. The third-order valence-electron chi connectivity index (χ3n) is 6.82. The molecule has 0 amide bonds. The fraction of sp³-hybridized carbons (Fsp3) is 0. The van der Waals surface area contributed by atoms with Crippen LogP contribution in [0.15, 0.2) is 118 Å². The third kappa shape index (κ3) is 2.59. The second-order valence-corrected chi connectivity index (χ2v) is 8.83. The lowest BCUT2D eigenvalue weighted by Crippen LogP contribution is -1.97. The number of hydrogen-bond donors (Lipinski definition) is 0. The molecule has 0 spiro atoms. The Morgan fingerprint density at radius 1 is 0.543 bits per heavy atom. The molecule has 4 heteroatoms. The molecule has 0 aliphatic carbocycles. The van der Waals surface area contributed by atoms with E-state index in [1.54, 1.807) is 0 Å². The summed E-state index contributed by atoms with van der Waals surface area (Å²) in [5.41, 5.74) is 7.42. The predicted molar refractivity (Wildman–Crippen MR) is 141 cm³/mol. The molecule has 4 nitrogen and oxygen atoms in total. The van der Waals surface area contributed by atoms with E-state index in [9.17, 15) is 0 Å². The molecule has 3 aromatic heterocycles. The molecule has 0 saturated heterocycles. The van der Waals surface area contributed by atoms with Crippen LogP contribution in [-0.2, 0) is 0 Å². The van der Waals surface area contributed by atoms with Gasteiger partial charge in [0.1, 0.15) is 17.0 Å². The van der Waals surface area contributed by atoms with E-state index < -0.39 is 0 Å². The number of hydrogen-bond acceptors (Lipinski definition) is 3. The van der Waals surface area contributed by atoms with Crippen molar-refractivity contribution in [2.24, 2.45) is 0 Å². The van der Waals surface area contributed by atoms with Gasteiger partial charge < -0.3 is 8.83 Å². The Morgan fingerprint density at radius 3 is 2.09 bits per heavy atom. The van der Waals surface area contributed by atoms with Crippen molar-refractivity contribution < 1.29 is 8.83 Å². The minimum Gasteiger partial charge on any atom is -0.452 e. The molecule has 0 aliphatic heterocycles. The van der Waals surface area contributed by atoms with Crippen LogP contribution < -0.4 is 0 Å². The topological polar surface area (TPSA) is 44.1 Å². The van der Waals surface area contributed by atoms with Crippen molar-refractivity contribution in [2.45, 2.75) is 0 Å². The van der Waals surface area contributed by atoms with Crippen molar-refractivity contribution >= 4 is 54.9 Å². The van der Waals surface area contributed by atoms with Crippen LogP contribution in [0.25, 0.3) is 72.0 Å². The first kappa shape index (κ1) is 18.6. The number of imidazole rings is 1. The Balaban J connectivity index is 1.42. The van der Waals surface area contributed by atoms with E-state index in [1.165, 1.54) is 0 Å². The van der Waals surface area contributed by atoms with Gasteiger partial charge in [0.05, 0.1) is 11.0 Å². The van der Waals surface area contributed by atoms with E-state index in [0.717, 1.165) is 72.0 Å². The second kappa shape index (κ2) is 6.84. The summed E-state index contributed by atoms with van der Waals surface area (Å²) in [6.45, 7) is 0. The normalized spacial score (nSPS) is 12.0. The van der Waals surface area contributed by atoms with Crippen LogP contribution in [0.3, 0.4) is 0 Å². The van der Waals surface area contributed by atoms with Gasteiger partial charge in [0.15, 0.2) is 11.2 Å². The van der Waals surface area contributed by atoms with Gasteiger partial charge in [-0.25, -0.2) is 4.98 Å². The molecule has 0 aliphatic rings. The number of rotatable bonds is 2. The van der Waals surface area contributed by atoms with Crippen LogP contribution >= 0.6 is 0 Å². The molecule has 3 heterocycles. The molecule has 0 N–H and O–H groups in total. The standard InChI is InChI=1S/C31H18N2O2/c1-2-8-19(9-3-1)31-32-25-11-5-6-12-26(25)33(31)20-14-17-28-24(18-20)23-16-15-22-21-10-4-7-13-27(21)34-29(22)30(23)35-28/h1-18H. The first-order valence-corrected chi connectivity index (χ1v) is 11.6. The van der Waals surface area contributed by atoms with Crippen molar-refractivity contribution in [3.63, 3.8) is 0 Å². The van der Waals surface area contributed by atoms with Gasteiger partial charge >= 0.3 is 0 Å². The van der Waals surface area contributed by atoms with Gasteiger partial charge in [0.25, 0.3) is 0 Å². The molecule has 0 fully saturated rings. The fourth-order valence-corrected chi connectivity index (χ4v) is 5.21. The fourth-order valence-electron chi connectivity index (χ4n) is 5.21. The molecule has 0 saturated carbocycles. The van der Waals surface area contributed by atoms with Crippen LogP contribution in [0.1, 0.15) is 0 Å². The molecule has 35 heavy (non-hydrogen) atoms. The zero-order chi connectivity index (χ0) is 22.9. The summed E-state index contributed by atoms with van der Waals surface area (Å²) in [5.74, 6) is 0.915. The molecule has 8 rings (SSSR count). The number of fused-ring (bicyclic) bond motifs is 8. The quantitative estimate of drug-likeness (QED) is 0.265. The van der Waals surface area contributed by atoms with Gasteiger partial charge in [-0.3, -0.25) is 4.57 Å². The van der Waals surface area contributed by atoms with Crippen molar-refractivity contribution in [1.29, 1.82) is 0 Å². The van der Waals surface area contributed by atoms with Gasteiger partial charge in [-0.1, -0.05) is 60.7 Å². The highest BCUT2D eigenvalue weighted by atomic mass is 16.4. The first-order valence-electron chi connectivity index (χ1n) is 11.6. The van der Waals surface area contributed by atoms with E-state index in [0.29, 0.717) is 0 Å². The average molecular weight is 450 g/mol. The summed E-state index contributed by atoms with van der Waals surface area (Å²) in [7, 11) is 0. The van der Waals surface area contributed by atoms with Crippen LogP contribution in [0, 0.1) is 0 Å². The minimum atomic E-state index is 0.782. The van der Waals surface area contributed by atoms with Crippen LogP contribution in [0.2, 0.25) is 0 Å². The highest BCUT2D eigenvalue weighted by molar-refractivity contribution is 6.19. The first-order chi connectivity index (χ1) is 17.3. The lowest BCUT2D eigenvalue weighted by atomic mass is 10.1. The monoisotopic (exact) mass is 450 g/mol. The maximum absolute atomic E-state index is 6.35. The lowest BCUT2D eigenvalue weighted by molar-refractivity contribution is 0.633. The van der Waals surface area contributed by atoms with Crippen molar-refractivity contribution in [1.82, 2.24) is 9.55 Å². The van der Waals surface area contributed by atoms with E-state index >= 15 is 0 Å². The van der Waals surface area contributed by atoms with Crippen molar-refractivity contribution in [3.8, 4) is 17.1 Å². The Kier molecular flexibility index (Phi) is 3.63. The van der Waals surface area contributed by atoms with E-state index in [4.69, 9.17) is 13.8 Å². The Bertz CT molecular complexity index is 2060. The highest BCUT2D eigenvalue weighted by Gasteiger charge is 2.18. The smallest absolute Gasteiger partial charge is 0.178 e. The van der Waals surface area contributed by atoms with Gasteiger partial charge in [-0.05, 0) is 48.5 Å². The molecule has 0 unspecified atom stereocenters. The van der Waals surface area contributed by atoms with E-state index in [2.05, 4.69) is 65.2 Å². The number of nitrogens with zero attached hydrogens (tertiary/aromatic N) is 2. The summed E-state index contributed by atoms with van der Waals surface area (Å²) in [6, 6.07) is 37.3. The van der Waals surface area contributed by atoms with Crippen molar-refractivity contribution in [3.05, 3.63) is 109 Å². The molecule has 0 atom stereocenters. The van der Waals surface area contributed by atoms with Gasteiger partial charge in [-0.2, -0.15) is 0 Å². The Labute approximate surface area is 199 Å². The largest absolute Gasteiger partial charge is 0.452 e. The van der Waals surface area contributed by atoms with Crippen molar-refractivity contribution in [2.75, 3.05) is 0 Å². The average Bonchev–Trinajstić information content (AvgIpc) is 3.60.